The highest BCUT2D eigenvalue weighted by Gasteiger charge is 2.13. The predicted molar refractivity (Wildman–Crippen MR) is 138 cm³/mol. The van der Waals surface area contributed by atoms with Crippen LogP contribution in [0.25, 0.3) is 6.08 Å². The zero-order valence-corrected chi connectivity index (χ0v) is 21.1. The molecule has 0 aliphatic rings. The van der Waals surface area contributed by atoms with E-state index in [9.17, 15) is 10.0 Å². The number of nitrogens with zero attached hydrogens (tertiary/aromatic N) is 1. The summed E-state index contributed by atoms with van der Waals surface area (Å²) < 4.78 is 11.0. The van der Waals surface area contributed by atoms with Gasteiger partial charge in [0.2, 0.25) is 0 Å². The van der Waals surface area contributed by atoms with E-state index >= 15 is 0 Å². The van der Waals surface area contributed by atoms with E-state index in [0.29, 0.717) is 23.3 Å². The molecule has 0 bridgehead atoms. The Bertz CT molecular complexity index is 1180. The molecule has 0 aliphatic carbocycles. The van der Waals surface area contributed by atoms with Crippen molar-refractivity contribution in [1.29, 1.82) is 0 Å². The standard InChI is InChI=1S/C28H34NO5/c1-18(8-13-26-22(5)27(30)23(6)28(33-7)34-26)14-19(2)15-20(3)16-21(4)17-24-9-11-25(12-10-24)29(31)32/h9-12,14-17,31H,8,13H2,1-7H3/q-1. The molecule has 0 unspecified atom stereocenters. The maximum atomic E-state index is 12.4. The minimum atomic E-state index is -0.151. The molecule has 1 N–H and O–H groups in total. The number of hydrogen-bond donors (Lipinski definition) is 1. The summed E-state index contributed by atoms with van der Waals surface area (Å²) in [7, 11) is 1.50. The summed E-state index contributed by atoms with van der Waals surface area (Å²) in [5.41, 5.74) is 6.73. The van der Waals surface area contributed by atoms with Gasteiger partial charge in [-0.3, -0.25) is 10.0 Å². The average Bonchev–Trinajstić information content (AvgIpc) is 2.77. The lowest BCUT2D eigenvalue weighted by molar-refractivity contribution is 0.279. The third-order valence-electron chi connectivity index (χ3n) is 5.45. The third-order valence-corrected chi connectivity index (χ3v) is 5.45. The van der Waals surface area contributed by atoms with Crippen LogP contribution in [-0.2, 0) is 6.42 Å². The highest BCUT2D eigenvalue weighted by atomic mass is 16.8. The summed E-state index contributed by atoms with van der Waals surface area (Å²) in [6.45, 7) is 11.7. The first kappa shape index (κ1) is 26.9. The molecular weight excluding hydrogens is 430 g/mol. The van der Waals surface area contributed by atoms with E-state index in [-0.39, 0.29) is 22.3 Å². The van der Waals surface area contributed by atoms with Gasteiger partial charge in [-0.25, -0.2) is 0 Å². The zero-order valence-electron chi connectivity index (χ0n) is 21.1. The van der Waals surface area contributed by atoms with Crippen molar-refractivity contribution in [3.8, 4) is 5.95 Å². The Morgan fingerprint density at radius 3 is 2.18 bits per heavy atom. The first-order chi connectivity index (χ1) is 16.0. The van der Waals surface area contributed by atoms with Gasteiger partial charge in [0.15, 0.2) is 5.43 Å². The Hall–Kier alpha value is -3.35. The molecule has 0 fully saturated rings. The average molecular weight is 465 g/mol. The second-order valence-electron chi connectivity index (χ2n) is 8.62. The van der Waals surface area contributed by atoms with Gasteiger partial charge in [-0.1, -0.05) is 58.7 Å². The lowest BCUT2D eigenvalue weighted by Gasteiger charge is -2.21. The van der Waals surface area contributed by atoms with Crippen molar-refractivity contribution in [2.45, 2.75) is 54.4 Å². The Labute approximate surface area is 201 Å². The van der Waals surface area contributed by atoms with E-state index in [1.807, 2.05) is 19.9 Å². The molecule has 2 aromatic rings. The molecule has 34 heavy (non-hydrogen) atoms. The predicted octanol–water partition coefficient (Wildman–Crippen LogP) is 6.83. The minimum absolute atomic E-state index is 0.0308. The fraction of sp³-hybridized carbons (Fsp3) is 0.321. The minimum Gasteiger partial charge on any atom is -0.733 e. The number of methoxy groups -OCH3 is 1. The molecule has 0 saturated heterocycles. The SMILES string of the molecule is COc1oc(CCC(C)=CC(C)=CC(C)=CC(C)=Cc2ccc(N([O-])O)cc2)c(C)c(=O)c1C. The Morgan fingerprint density at radius 2 is 1.59 bits per heavy atom. The fourth-order valence-electron chi connectivity index (χ4n) is 3.77. The van der Waals surface area contributed by atoms with E-state index < -0.39 is 0 Å². The molecule has 1 aromatic carbocycles. The van der Waals surface area contributed by atoms with E-state index in [0.717, 1.165) is 28.7 Å². The second kappa shape index (κ2) is 12.2. The van der Waals surface area contributed by atoms with Crippen molar-refractivity contribution in [2.24, 2.45) is 0 Å². The van der Waals surface area contributed by atoms with E-state index in [4.69, 9.17) is 14.4 Å². The number of benzene rings is 1. The maximum Gasteiger partial charge on any atom is 0.291 e. The first-order valence-electron chi connectivity index (χ1n) is 11.2. The lowest BCUT2D eigenvalue weighted by Crippen LogP contribution is -2.13. The van der Waals surface area contributed by atoms with Gasteiger partial charge < -0.3 is 19.6 Å². The van der Waals surface area contributed by atoms with Crippen LogP contribution in [0.2, 0.25) is 0 Å². The molecule has 1 heterocycles. The molecule has 2 rings (SSSR count). The molecule has 0 aliphatic heterocycles. The molecule has 0 saturated carbocycles. The largest absolute Gasteiger partial charge is 0.733 e. The van der Waals surface area contributed by atoms with Gasteiger partial charge in [-0.15, -0.1) is 0 Å². The number of aryl methyl sites for hydroxylation is 1. The highest BCUT2D eigenvalue weighted by Crippen LogP contribution is 2.21. The van der Waals surface area contributed by atoms with Crippen molar-refractivity contribution in [3.05, 3.63) is 103 Å². The van der Waals surface area contributed by atoms with Gasteiger partial charge in [0.25, 0.3) is 5.95 Å². The molecular formula is C28H34NO5-. The topological polar surface area (TPSA) is 86.0 Å². The number of allylic oxidation sites excluding steroid dienone is 7. The summed E-state index contributed by atoms with van der Waals surface area (Å²) in [6.07, 6.45) is 9.75. The van der Waals surface area contributed by atoms with E-state index in [1.54, 1.807) is 38.1 Å². The monoisotopic (exact) mass is 464 g/mol. The van der Waals surface area contributed by atoms with Crippen molar-refractivity contribution in [3.63, 3.8) is 0 Å². The quantitative estimate of drug-likeness (QED) is 0.323. The van der Waals surface area contributed by atoms with Crippen LogP contribution in [-0.4, -0.2) is 12.3 Å². The summed E-state index contributed by atoms with van der Waals surface area (Å²) in [4.78, 5) is 12.4. The number of rotatable bonds is 9. The fourth-order valence-corrected chi connectivity index (χ4v) is 3.77. The zero-order chi connectivity index (χ0) is 25.4. The smallest absolute Gasteiger partial charge is 0.291 e. The number of anilines is 1. The van der Waals surface area contributed by atoms with E-state index in [2.05, 4.69) is 32.1 Å². The van der Waals surface area contributed by atoms with Crippen LogP contribution >= 0.6 is 0 Å². The summed E-state index contributed by atoms with van der Waals surface area (Å²) in [5, 5.41) is 19.7. The molecule has 6 nitrogen and oxygen atoms in total. The number of hydrogen-bond acceptors (Lipinski definition) is 6. The van der Waals surface area contributed by atoms with Crippen molar-refractivity contribution in [2.75, 3.05) is 12.3 Å². The van der Waals surface area contributed by atoms with Gasteiger partial charge in [0, 0.05) is 12.0 Å². The van der Waals surface area contributed by atoms with Crippen LogP contribution in [0.15, 0.2) is 74.0 Å². The summed E-state index contributed by atoms with van der Waals surface area (Å²) in [6, 6.07) is 6.70. The first-order valence-corrected chi connectivity index (χ1v) is 11.2. The molecule has 6 heteroatoms. The lowest BCUT2D eigenvalue weighted by atomic mass is 10.0. The third kappa shape index (κ3) is 7.61. The van der Waals surface area contributed by atoms with Crippen LogP contribution in [0.5, 0.6) is 5.95 Å². The molecule has 0 atom stereocenters. The van der Waals surface area contributed by atoms with Crippen LogP contribution in [0.3, 0.4) is 0 Å². The van der Waals surface area contributed by atoms with Crippen LogP contribution in [0, 0.1) is 19.1 Å². The Kier molecular flexibility index (Phi) is 9.66. The molecule has 182 valence electrons. The van der Waals surface area contributed by atoms with Gasteiger partial charge in [-0.05, 0) is 65.7 Å². The summed E-state index contributed by atoms with van der Waals surface area (Å²) in [5.74, 6) is 0.942. The van der Waals surface area contributed by atoms with Crippen LogP contribution in [0.1, 0.15) is 56.6 Å². The van der Waals surface area contributed by atoms with Crippen molar-refractivity contribution >= 4 is 11.8 Å². The highest BCUT2D eigenvalue weighted by molar-refractivity contribution is 5.59. The number of ether oxygens (including phenoxy) is 1. The van der Waals surface area contributed by atoms with E-state index in [1.165, 1.54) is 12.7 Å². The molecule has 1 aromatic heterocycles. The van der Waals surface area contributed by atoms with Crippen molar-refractivity contribution < 1.29 is 14.4 Å². The molecule has 0 spiro atoms. The van der Waals surface area contributed by atoms with Gasteiger partial charge in [0.05, 0.1) is 18.4 Å². The van der Waals surface area contributed by atoms with Crippen LogP contribution < -0.4 is 15.4 Å². The molecule has 0 radical (unpaired) electrons. The molecule has 0 amide bonds. The van der Waals surface area contributed by atoms with Crippen LogP contribution in [0.4, 0.5) is 5.69 Å². The second-order valence-corrected chi connectivity index (χ2v) is 8.62. The normalized spacial score (nSPS) is 13.3. The van der Waals surface area contributed by atoms with Crippen molar-refractivity contribution in [1.82, 2.24) is 0 Å². The van der Waals surface area contributed by atoms with Gasteiger partial charge in [0.1, 0.15) is 5.76 Å². The maximum absolute atomic E-state index is 12.4. The van der Waals surface area contributed by atoms with Gasteiger partial charge in [-0.2, -0.15) is 0 Å². The van der Waals surface area contributed by atoms with Gasteiger partial charge >= 0.3 is 0 Å². The Morgan fingerprint density at radius 1 is 1.00 bits per heavy atom. The Balaban J connectivity index is 2.07. The summed E-state index contributed by atoms with van der Waals surface area (Å²) >= 11 is 0.